The summed E-state index contributed by atoms with van der Waals surface area (Å²) in [5, 5.41) is 12.3. The quantitative estimate of drug-likeness (QED) is 0.877. The van der Waals surface area contributed by atoms with Crippen LogP contribution in [-0.2, 0) is 6.54 Å². The van der Waals surface area contributed by atoms with Gasteiger partial charge in [0.1, 0.15) is 0 Å². The van der Waals surface area contributed by atoms with Crippen molar-refractivity contribution < 1.29 is 0 Å². The number of rotatable bonds is 4. The number of nitrogens with one attached hydrogen (secondary N) is 1. The zero-order valence-electron chi connectivity index (χ0n) is 12.2. The molecule has 1 unspecified atom stereocenters. The molecular weight excluding hydrogens is 220 g/mol. The molecule has 98 valence electrons. The average Bonchev–Trinajstić information content (AvgIpc) is 2.29. The lowest BCUT2D eigenvalue weighted by molar-refractivity contribution is 0.252. The maximum atomic E-state index is 8.83. The molecule has 1 rings (SSSR count). The van der Waals surface area contributed by atoms with Gasteiger partial charge >= 0.3 is 0 Å². The Kier molecular flexibility index (Phi) is 4.93. The van der Waals surface area contributed by atoms with Crippen LogP contribution >= 0.6 is 0 Å². The maximum absolute atomic E-state index is 8.83. The van der Waals surface area contributed by atoms with Gasteiger partial charge < -0.3 is 5.32 Å². The highest BCUT2D eigenvalue weighted by Gasteiger charge is 2.19. The predicted octanol–water partition coefficient (Wildman–Crippen LogP) is 3.64. The third-order valence-electron chi connectivity index (χ3n) is 3.72. The van der Waals surface area contributed by atoms with Crippen LogP contribution in [-0.4, -0.2) is 6.54 Å². The van der Waals surface area contributed by atoms with E-state index in [4.69, 9.17) is 5.26 Å². The molecule has 0 aliphatic rings. The molecule has 2 heteroatoms. The van der Waals surface area contributed by atoms with Crippen molar-refractivity contribution in [3.05, 3.63) is 34.9 Å². The molecule has 0 aromatic heterocycles. The van der Waals surface area contributed by atoms with Crippen LogP contribution < -0.4 is 5.32 Å². The van der Waals surface area contributed by atoms with Gasteiger partial charge in [-0.3, -0.25) is 0 Å². The Labute approximate surface area is 111 Å². The van der Waals surface area contributed by atoms with E-state index in [0.717, 1.165) is 18.7 Å². The van der Waals surface area contributed by atoms with Gasteiger partial charge in [-0.15, -0.1) is 0 Å². The van der Waals surface area contributed by atoms with Crippen molar-refractivity contribution in [1.82, 2.24) is 5.32 Å². The van der Waals surface area contributed by atoms with E-state index in [-0.39, 0.29) is 0 Å². The normalized spacial score (nSPS) is 13.1. The lowest BCUT2D eigenvalue weighted by Gasteiger charge is -2.27. The molecule has 0 heterocycles. The van der Waals surface area contributed by atoms with Gasteiger partial charge in [0, 0.05) is 6.54 Å². The van der Waals surface area contributed by atoms with E-state index in [9.17, 15) is 0 Å². The SMILES string of the molecule is Cc1cc(C#N)ccc1CNCC(C)C(C)(C)C. The number of hydrogen-bond donors (Lipinski definition) is 1. The Bertz CT molecular complexity index is 435. The summed E-state index contributed by atoms with van der Waals surface area (Å²) in [5.74, 6) is 0.635. The zero-order chi connectivity index (χ0) is 13.8. The summed E-state index contributed by atoms with van der Waals surface area (Å²) in [6.07, 6.45) is 0. The molecule has 1 atom stereocenters. The van der Waals surface area contributed by atoms with Gasteiger partial charge in [-0.1, -0.05) is 33.8 Å². The smallest absolute Gasteiger partial charge is 0.0991 e. The number of nitriles is 1. The molecule has 0 aliphatic heterocycles. The minimum atomic E-state index is 0.340. The van der Waals surface area contributed by atoms with Crippen LogP contribution in [0.2, 0.25) is 0 Å². The van der Waals surface area contributed by atoms with Crippen LogP contribution in [0.5, 0.6) is 0 Å². The summed E-state index contributed by atoms with van der Waals surface area (Å²) in [6.45, 7) is 13.0. The summed E-state index contributed by atoms with van der Waals surface area (Å²) < 4.78 is 0. The molecule has 2 nitrogen and oxygen atoms in total. The summed E-state index contributed by atoms with van der Waals surface area (Å²) in [5.41, 5.74) is 3.53. The van der Waals surface area contributed by atoms with Crippen molar-refractivity contribution in [2.45, 2.75) is 41.2 Å². The minimum Gasteiger partial charge on any atom is -0.312 e. The second-order valence-corrected chi connectivity index (χ2v) is 6.15. The summed E-state index contributed by atoms with van der Waals surface area (Å²) in [7, 11) is 0. The number of hydrogen-bond acceptors (Lipinski definition) is 2. The van der Waals surface area contributed by atoms with Crippen LogP contribution in [0.3, 0.4) is 0 Å². The summed E-state index contributed by atoms with van der Waals surface area (Å²) >= 11 is 0. The van der Waals surface area contributed by atoms with Crippen molar-refractivity contribution >= 4 is 0 Å². The highest BCUT2D eigenvalue weighted by molar-refractivity contribution is 5.37. The molecule has 0 saturated heterocycles. The third-order valence-corrected chi connectivity index (χ3v) is 3.72. The van der Waals surface area contributed by atoms with Gasteiger partial charge in [0.25, 0.3) is 0 Å². The van der Waals surface area contributed by atoms with Gasteiger partial charge in [0.05, 0.1) is 11.6 Å². The number of benzene rings is 1. The van der Waals surface area contributed by atoms with Gasteiger partial charge in [0.2, 0.25) is 0 Å². The largest absolute Gasteiger partial charge is 0.312 e. The molecule has 0 radical (unpaired) electrons. The molecule has 0 saturated carbocycles. The summed E-state index contributed by atoms with van der Waals surface area (Å²) in [4.78, 5) is 0. The molecule has 0 amide bonds. The lowest BCUT2D eigenvalue weighted by atomic mass is 9.82. The average molecular weight is 244 g/mol. The topological polar surface area (TPSA) is 35.8 Å². The van der Waals surface area contributed by atoms with E-state index >= 15 is 0 Å². The molecule has 1 N–H and O–H groups in total. The molecule has 0 fully saturated rings. The van der Waals surface area contributed by atoms with Crippen LogP contribution in [0.1, 0.15) is 44.4 Å². The fraction of sp³-hybridized carbons (Fsp3) is 0.562. The molecular formula is C16H24N2. The second-order valence-electron chi connectivity index (χ2n) is 6.15. The van der Waals surface area contributed by atoms with Crippen molar-refractivity contribution in [2.75, 3.05) is 6.54 Å². The van der Waals surface area contributed by atoms with E-state index in [2.05, 4.69) is 46.0 Å². The number of aryl methyl sites for hydroxylation is 1. The van der Waals surface area contributed by atoms with E-state index in [1.165, 1.54) is 11.1 Å². The highest BCUT2D eigenvalue weighted by atomic mass is 14.9. The predicted molar refractivity (Wildman–Crippen MR) is 76.2 cm³/mol. The van der Waals surface area contributed by atoms with Gasteiger partial charge in [-0.05, 0) is 48.1 Å². The molecule has 18 heavy (non-hydrogen) atoms. The number of nitrogens with zero attached hydrogens (tertiary/aromatic N) is 1. The zero-order valence-corrected chi connectivity index (χ0v) is 12.2. The first-order chi connectivity index (χ1) is 8.34. The van der Waals surface area contributed by atoms with E-state index in [0.29, 0.717) is 11.3 Å². The Morgan fingerprint density at radius 1 is 1.33 bits per heavy atom. The van der Waals surface area contributed by atoms with Crippen molar-refractivity contribution in [3.8, 4) is 6.07 Å². The van der Waals surface area contributed by atoms with Gasteiger partial charge in [0.15, 0.2) is 0 Å². The van der Waals surface area contributed by atoms with Crippen molar-refractivity contribution in [3.63, 3.8) is 0 Å². The Balaban J connectivity index is 2.53. The Morgan fingerprint density at radius 3 is 2.50 bits per heavy atom. The standard InChI is InChI=1S/C16H24N2/c1-12-8-14(9-17)6-7-15(12)11-18-10-13(2)16(3,4)5/h6-8,13,18H,10-11H2,1-5H3. The van der Waals surface area contributed by atoms with E-state index in [1.54, 1.807) is 0 Å². The van der Waals surface area contributed by atoms with Gasteiger partial charge in [-0.25, -0.2) is 0 Å². The van der Waals surface area contributed by atoms with Crippen molar-refractivity contribution in [2.24, 2.45) is 11.3 Å². The second kappa shape index (κ2) is 6.02. The molecule has 0 aliphatic carbocycles. The van der Waals surface area contributed by atoms with Crippen molar-refractivity contribution in [1.29, 1.82) is 5.26 Å². The molecule has 1 aromatic carbocycles. The van der Waals surface area contributed by atoms with Crippen LogP contribution in [0.4, 0.5) is 0 Å². The van der Waals surface area contributed by atoms with Crippen LogP contribution in [0.25, 0.3) is 0 Å². The minimum absolute atomic E-state index is 0.340. The van der Waals surface area contributed by atoms with E-state index in [1.807, 2.05) is 18.2 Å². The Hall–Kier alpha value is -1.33. The fourth-order valence-corrected chi connectivity index (χ4v) is 1.69. The maximum Gasteiger partial charge on any atom is 0.0991 e. The first-order valence-electron chi connectivity index (χ1n) is 6.55. The monoisotopic (exact) mass is 244 g/mol. The third kappa shape index (κ3) is 4.16. The summed E-state index contributed by atoms with van der Waals surface area (Å²) in [6, 6.07) is 8.05. The molecule has 1 aromatic rings. The first kappa shape index (κ1) is 14.7. The van der Waals surface area contributed by atoms with Crippen LogP contribution in [0.15, 0.2) is 18.2 Å². The lowest BCUT2D eigenvalue weighted by Crippen LogP contribution is -2.29. The fourth-order valence-electron chi connectivity index (χ4n) is 1.69. The first-order valence-corrected chi connectivity index (χ1v) is 6.55. The highest BCUT2D eigenvalue weighted by Crippen LogP contribution is 2.24. The van der Waals surface area contributed by atoms with Gasteiger partial charge in [-0.2, -0.15) is 5.26 Å². The molecule has 0 spiro atoms. The van der Waals surface area contributed by atoms with E-state index < -0.39 is 0 Å². The molecule has 0 bridgehead atoms. The Morgan fingerprint density at radius 2 is 2.00 bits per heavy atom. The van der Waals surface area contributed by atoms with Crippen LogP contribution in [0, 0.1) is 29.6 Å².